The fourth-order valence-electron chi connectivity index (χ4n) is 3.44. The van der Waals surface area contributed by atoms with E-state index in [0.717, 1.165) is 23.6 Å². The molecule has 122 valence electrons. The summed E-state index contributed by atoms with van der Waals surface area (Å²) in [5, 5.41) is 12.8. The van der Waals surface area contributed by atoms with Gasteiger partial charge >= 0.3 is 0 Å². The Labute approximate surface area is 140 Å². The number of aliphatic hydroxyl groups excluding tert-OH is 1. The van der Waals surface area contributed by atoms with Gasteiger partial charge in [-0.15, -0.1) is 11.3 Å². The number of ether oxygens (including phenoxy) is 2. The van der Waals surface area contributed by atoms with Crippen molar-refractivity contribution < 1.29 is 14.6 Å². The van der Waals surface area contributed by atoms with Crippen molar-refractivity contribution in [1.29, 1.82) is 0 Å². The highest BCUT2D eigenvalue weighted by atomic mass is 32.1. The highest BCUT2D eigenvalue weighted by Gasteiger charge is 2.28. The molecule has 2 aliphatic rings. The maximum absolute atomic E-state index is 10.7. The minimum atomic E-state index is -0.508. The molecule has 0 radical (unpaired) electrons. The van der Waals surface area contributed by atoms with E-state index in [0.29, 0.717) is 25.8 Å². The zero-order valence-electron chi connectivity index (χ0n) is 13.0. The zero-order chi connectivity index (χ0) is 15.6. The lowest BCUT2D eigenvalue weighted by molar-refractivity contribution is 0.106. The fraction of sp³-hybridized carbons (Fsp3) is 0.444. The molecule has 2 aromatic rings. The second-order valence-corrected chi connectivity index (χ2v) is 7.07. The van der Waals surface area contributed by atoms with Crippen LogP contribution in [0, 0.1) is 0 Å². The molecule has 1 aromatic heterocycles. The SMILES string of the molecule is O[C@@H](CN1CCC[C@H]1c1cccs1)c1ccc2c(c1)OCCO2. The summed E-state index contributed by atoms with van der Waals surface area (Å²) in [5.41, 5.74) is 0.895. The van der Waals surface area contributed by atoms with Crippen LogP contribution in [0.2, 0.25) is 0 Å². The normalized spacial score (nSPS) is 22.2. The standard InChI is InChI=1S/C18H21NO3S/c20-15(13-5-6-16-17(11-13)22-9-8-21-16)12-19-7-1-3-14(19)18-4-2-10-23-18/h2,4-6,10-11,14-15,20H,1,3,7-9,12H2/t14-,15-/m0/s1. The van der Waals surface area contributed by atoms with Gasteiger partial charge in [0, 0.05) is 17.5 Å². The number of hydrogen-bond acceptors (Lipinski definition) is 5. The van der Waals surface area contributed by atoms with Crippen molar-refractivity contribution in [2.24, 2.45) is 0 Å². The van der Waals surface area contributed by atoms with Gasteiger partial charge in [0.15, 0.2) is 11.5 Å². The van der Waals surface area contributed by atoms with Crippen LogP contribution in [0.15, 0.2) is 35.7 Å². The summed E-state index contributed by atoms with van der Waals surface area (Å²) >= 11 is 1.81. The van der Waals surface area contributed by atoms with E-state index < -0.39 is 6.10 Å². The van der Waals surface area contributed by atoms with E-state index in [1.807, 2.05) is 18.2 Å². The van der Waals surface area contributed by atoms with Gasteiger partial charge in [-0.3, -0.25) is 4.90 Å². The van der Waals surface area contributed by atoms with E-state index in [9.17, 15) is 5.11 Å². The Morgan fingerprint density at radius 2 is 2.09 bits per heavy atom. The average molecular weight is 331 g/mol. The predicted octanol–water partition coefficient (Wildman–Crippen LogP) is 3.39. The number of nitrogens with zero attached hydrogens (tertiary/aromatic N) is 1. The first-order valence-electron chi connectivity index (χ1n) is 8.16. The number of hydrogen-bond donors (Lipinski definition) is 1. The van der Waals surface area contributed by atoms with Crippen LogP contribution in [-0.2, 0) is 0 Å². The van der Waals surface area contributed by atoms with E-state index >= 15 is 0 Å². The number of benzene rings is 1. The van der Waals surface area contributed by atoms with Crippen molar-refractivity contribution in [2.45, 2.75) is 25.0 Å². The summed E-state index contributed by atoms with van der Waals surface area (Å²) < 4.78 is 11.2. The van der Waals surface area contributed by atoms with Gasteiger partial charge in [-0.25, -0.2) is 0 Å². The fourth-order valence-corrected chi connectivity index (χ4v) is 4.34. The van der Waals surface area contributed by atoms with Gasteiger partial charge in [0.05, 0.1) is 6.10 Å². The van der Waals surface area contributed by atoms with Crippen molar-refractivity contribution in [3.8, 4) is 11.5 Å². The molecule has 0 saturated carbocycles. The monoisotopic (exact) mass is 331 g/mol. The van der Waals surface area contributed by atoms with Crippen LogP contribution in [0.25, 0.3) is 0 Å². The van der Waals surface area contributed by atoms with Crippen LogP contribution in [-0.4, -0.2) is 36.3 Å². The lowest BCUT2D eigenvalue weighted by Crippen LogP contribution is -2.28. The molecule has 5 heteroatoms. The molecule has 0 bridgehead atoms. The minimum Gasteiger partial charge on any atom is -0.486 e. The predicted molar refractivity (Wildman–Crippen MR) is 90.3 cm³/mol. The van der Waals surface area contributed by atoms with Crippen LogP contribution in [0.3, 0.4) is 0 Å². The van der Waals surface area contributed by atoms with Gasteiger partial charge in [0.25, 0.3) is 0 Å². The number of likely N-dealkylation sites (tertiary alicyclic amines) is 1. The summed E-state index contributed by atoms with van der Waals surface area (Å²) in [4.78, 5) is 3.80. The highest BCUT2D eigenvalue weighted by Crippen LogP contribution is 2.37. The summed E-state index contributed by atoms with van der Waals surface area (Å²) in [6.07, 6.45) is 1.86. The molecule has 0 amide bonds. The molecule has 1 aromatic carbocycles. The average Bonchev–Trinajstić information content (AvgIpc) is 3.25. The third-order valence-corrected chi connectivity index (χ3v) is 5.57. The van der Waals surface area contributed by atoms with E-state index in [1.165, 1.54) is 17.7 Å². The van der Waals surface area contributed by atoms with E-state index in [2.05, 4.69) is 22.4 Å². The Kier molecular flexibility index (Phi) is 4.25. The molecule has 1 saturated heterocycles. The van der Waals surface area contributed by atoms with E-state index in [4.69, 9.17) is 9.47 Å². The van der Waals surface area contributed by atoms with E-state index in [1.54, 1.807) is 11.3 Å². The molecule has 4 rings (SSSR count). The molecule has 2 aliphatic heterocycles. The molecule has 3 heterocycles. The highest BCUT2D eigenvalue weighted by molar-refractivity contribution is 7.10. The quantitative estimate of drug-likeness (QED) is 0.932. The Hall–Kier alpha value is -1.56. The summed E-state index contributed by atoms with van der Waals surface area (Å²) in [7, 11) is 0. The molecule has 1 fully saturated rings. The number of fused-ring (bicyclic) bond motifs is 1. The minimum absolute atomic E-state index is 0.446. The summed E-state index contributed by atoms with van der Waals surface area (Å²) in [6, 6.07) is 10.5. The lowest BCUT2D eigenvalue weighted by Gasteiger charge is -2.27. The summed E-state index contributed by atoms with van der Waals surface area (Å²) in [6.45, 7) is 2.86. The van der Waals surface area contributed by atoms with Gasteiger partial charge < -0.3 is 14.6 Å². The van der Waals surface area contributed by atoms with Gasteiger partial charge in [0.2, 0.25) is 0 Å². The van der Waals surface area contributed by atoms with Crippen molar-refractivity contribution in [3.63, 3.8) is 0 Å². The molecular formula is C18H21NO3S. The molecule has 23 heavy (non-hydrogen) atoms. The first-order chi connectivity index (χ1) is 11.3. The zero-order valence-corrected chi connectivity index (χ0v) is 13.8. The molecule has 0 aliphatic carbocycles. The molecule has 0 spiro atoms. The van der Waals surface area contributed by atoms with Crippen LogP contribution in [0.4, 0.5) is 0 Å². The van der Waals surface area contributed by atoms with E-state index in [-0.39, 0.29) is 0 Å². The Morgan fingerprint density at radius 1 is 1.22 bits per heavy atom. The Bertz CT molecular complexity index is 658. The first kappa shape index (κ1) is 15.0. The maximum Gasteiger partial charge on any atom is 0.161 e. The molecule has 0 unspecified atom stereocenters. The van der Waals surface area contributed by atoms with Gasteiger partial charge in [-0.05, 0) is 48.5 Å². The van der Waals surface area contributed by atoms with Gasteiger partial charge in [-0.1, -0.05) is 12.1 Å². The number of thiophene rings is 1. The largest absolute Gasteiger partial charge is 0.486 e. The molecule has 2 atom stereocenters. The number of rotatable bonds is 4. The van der Waals surface area contributed by atoms with Crippen LogP contribution < -0.4 is 9.47 Å². The smallest absolute Gasteiger partial charge is 0.161 e. The lowest BCUT2D eigenvalue weighted by atomic mass is 10.1. The second kappa shape index (κ2) is 6.51. The van der Waals surface area contributed by atoms with Crippen molar-refractivity contribution in [2.75, 3.05) is 26.3 Å². The van der Waals surface area contributed by atoms with Gasteiger partial charge in [0.1, 0.15) is 13.2 Å². The molecule has 4 nitrogen and oxygen atoms in total. The van der Waals surface area contributed by atoms with Crippen molar-refractivity contribution in [1.82, 2.24) is 4.90 Å². The van der Waals surface area contributed by atoms with Crippen molar-refractivity contribution >= 4 is 11.3 Å². The third kappa shape index (κ3) is 3.09. The Balaban J connectivity index is 1.48. The van der Waals surface area contributed by atoms with Gasteiger partial charge in [-0.2, -0.15) is 0 Å². The number of β-amino-alcohol motifs (C(OH)–C–C–N with tert-alkyl or cyclic N) is 1. The first-order valence-corrected chi connectivity index (χ1v) is 9.04. The second-order valence-electron chi connectivity index (χ2n) is 6.09. The van der Waals surface area contributed by atoms with Crippen LogP contribution in [0.5, 0.6) is 11.5 Å². The third-order valence-electron chi connectivity index (χ3n) is 4.59. The molecule has 1 N–H and O–H groups in total. The topological polar surface area (TPSA) is 41.9 Å². The maximum atomic E-state index is 10.7. The van der Waals surface area contributed by atoms with Crippen LogP contribution >= 0.6 is 11.3 Å². The molecular weight excluding hydrogens is 310 g/mol. The number of aliphatic hydroxyl groups is 1. The Morgan fingerprint density at radius 3 is 2.91 bits per heavy atom. The van der Waals surface area contributed by atoms with Crippen molar-refractivity contribution in [3.05, 3.63) is 46.2 Å². The van der Waals surface area contributed by atoms with Crippen LogP contribution in [0.1, 0.15) is 35.4 Å². The summed E-state index contributed by atoms with van der Waals surface area (Å²) in [5.74, 6) is 1.51.